The number of nitrogens with zero attached hydrogens (tertiary/aromatic N) is 2. The number of carbonyl (C=O) groups excluding carboxylic acids is 2. The Morgan fingerprint density at radius 2 is 1.60 bits per heavy atom. The Morgan fingerprint density at radius 3 is 2.27 bits per heavy atom. The first-order chi connectivity index (χ1) is 14.6. The molecule has 160 valence electrons. The van der Waals surface area contributed by atoms with Gasteiger partial charge >= 0.3 is 0 Å². The molecular weight excluding hydrogens is 404 g/mol. The predicted molar refractivity (Wildman–Crippen MR) is 116 cm³/mol. The molecule has 30 heavy (non-hydrogen) atoms. The molecule has 0 aromatic heterocycles. The number of aryl methyl sites for hydroxylation is 1. The summed E-state index contributed by atoms with van der Waals surface area (Å²) >= 11 is 6.06. The van der Waals surface area contributed by atoms with Crippen LogP contribution in [0.5, 0.6) is 11.5 Å². The van der Waals surface area contributed by atoms with Crippen LogP contribution in [0.2, 0.25) is 5.02 Å². The Morgan fingerprint density at radius 1 is 0.933 bits per heavy atom. The van der Waals surface area contributed by atoms with Gasteiger partial charge in [-0.3, -0.25) is 9.59 Å². The lowest BCUT2D eigenvalue weighted by atomic mass is 10.1. The van der Waals surface area contributed by atoms with E-state index in [0.717, 1.165) is 17.7 Å². The summed E-state index contributed by atoms with van der Waals surface area (Å²) in [5.74, 6) is 1.33. The lowest BCUT2D eigenvalue weighted by molar-refractivity contribution is -0.134. The molecule has 0 N–H and O–H groups in total. The lowest BCUT2D eigenvalue weighted by Crippen LogP contribution is -2.39. The van der Waals surface area contributed by atoms with E-state index in [2.05, 4.69) is 0 Å². The van der Waals surface area contributed by atoms with E-state index < -0.39 is 0 Å². The monoisotopic (exact) mass is 430 g/mol. The second-order valence-electron chi connectivity index (χ2n) is 7.18. The van der Waals surface area contributed by atoms with Crippen molar-refractivity contribution in [3.63, 3.8) is 0 Å². The van der Waals surface area contributed by atoms with Gasteiger partial charge in [0.05, 0.1) is 12.1 Å². The number of ether oxygens (including phenoxy) is 2. The summed E-state index contributed by atoms with van der Waals surface area (Å²) in [5.41, 5.74) is 1.10. The van der Waals surface area contributed by atoms with Crippen molar-refractivity contribution in [1.82, 2.24) is 9.80 Å². The van der Waals surface area contributed by atoms with Gasteiger partial charge in [0.25, 0.3) is 5.91 Å². The highest BCUT2D eigenvalue weighted by atomic mass is 35.5. The van der Waals surface area contributed by atoms with Crippen LogP contribution in [0.3, 0.4) is 0 Å². The summed E-state index contributed by atoms with van der Waals surface area (Å²) < 4.78 is 10.7. The zero-order valence-electron chi connectivity index (χ0n) is 17.2. The van der Waals surface area contributed by atoms with Gasteiger partial charge in [0.15, 0.2) is 6.61 Å². The van der Waals surface area contributed by atoms with Gasteiger partial charge in [-0.05, 0) is 42.7 Å². The maximum absolute atomic E-state index is 12.6. The molecule has 0 radical (unpaired) electrons. The van der Waals surface area contributed by atoms with E-state index in [4.69, 9.17) is 21.1 Å². The van der Waals surface area contributed by atoms with Crippen LogP contribution in [0.4, 0.5) is 0 Å². The molecule has 0 unspecified atom stereocenters. The average molecular weight is 431 g/mol. The Hall–Kier alpha value is -2.73. The number of para-hydroxylation sites is 1. The minimum atomic E-state index is -0.0950. The first kappa shape index (κ1) is 22.0. The summed E-state index contributed by atoms with van der Waals surface area (Å²) in [6, 6.07) is 14.9. The van der Waals surface area contributed by atoms with Gasteiger partial charge in [-0.25, -0.2) is 0 Å². The number of rotatable bonds is 7. The topological polar surface area (TPSA) is 59.1 Å². The number of hydrogen-bond donors (Lipinski definition) is 0. The van der Waals surface area contributed by atoms with Gasteiger partial charge in [-0.15, -0.1) is 0 Å². The highest BCUT2D eigenvalue weighted by Crippen LogP contribution is 2.23. The molecule has 0 saturated carbocycles. The summed E-state index contributed by atoms with van der Waals surface area (Å²) in [6.45, 7) is 2.27. The van der Waals surface area contributed by atoms with Crippen molar-refractivity contribution in [1.29, 1.82) is 0 Å². The second kappa shape index (κ2) is 10.9. The van der Waals surface area contributed by atoms with Crippen LogP contribution >= 0.6 is 11.6 Å². The minimum Gasteiger partial charge on any atom is -0.497 e. The van der Waals surface area contributed by atoms with Crippen LogP contribution in [0.1, 0.15) is 18.4 Å². The molecule has 1 saturated heterocycles. The van der Waals surface area contributed by atoms with Gasteiger partial charge in [0, 0.05) is 32.6 Å². The fraction of sp³-hybridized carbons (Fsp3) is 0.391. The van der Waals surface area contributed by atoms with E-state index in [1.807, 2.05) is 41.3 Å². The van der Waals surface area contributed by atoms with Crippen LogP contribution in [0, 0.1) is 0 Å². The summed E-state index contributed by atoms with van der Waals surface area (Å²) in [6.07, 6.45) is 1.90. The number of methoxy groups -OCH3 is 1. The van der Waals surface area contributed by atoms with E-state index in [9.17, 15) is 9.59 Å². The molecule has 2 aromatic carbocycles. The quantitative estimate of drug-likeness (QED) is 0.675. The number of carbonyl (C=O) groups is 2. The van der Waals surface area contributed by atoms with Crippen LogP contribution in [0.25, 0.3) is 0 Å². The Kier molecular flexibility index (Phi) is 7.97. The van der Waals surface area contributed by atoms with Crippen molar-refractivity contribution < 1.29 is 19.1 Å². The zero-order chi connectivity index (χ0) is 21.3. The highest BCUT2D eigenvalue weighted by molar-refractivity contribution is 6.32. The fourth-order valence-electron chi connectivity index (χ4n) is 3.41. The molecule has 1 heterocycles. The summed E-state index contributed by atoms with van der Waals surface area (Å²) in [4.78, 5) is 28.8. The normalized spacial score (nSPS) is 14.2. The number of halogens is 1. The van der Waals surface area contributed by atoms with Crippen LogP contribution < -0.4 is 9.47 Å². The van der Waals surface area contributed by atoms with Gasteiger partial charge in [-0.2, -0.15) is 0 Å². The number of benzene rings is 2. The first-order valence-electron chi connectivity index (χ1n) is 10.1. The third-order valence-electron chi connectivity index (χ3n) is 5.18. The second-order valence-corrected chi connectivity index (χ2v) is 7.59. The molecule has 0 spiro atoms. The molecule has 0 aliphatic carbocycles. The van der Waals surface area contributed by atoms with Gasteiger partial charge in [0.2, 0.25) is 5.91 Å². The van der Waals surface area contributed by atoms with E-state index in [-0.39, 0.29) is 18.4 Å². The molecule has 0 atom stereocenters. The van der Waals surface area contributed by atoms with Crippen molar-refractivity contribution >= 4 is 23.4 Å². The predicted octanol–water partition coefficient (Wildman–Crippen LogP) is 3.42. The number of amides is 2. The van der Waals surface area contributed by atoms with E-state index in [1.165, 1.54) is 0 Å². The van der Waals surface area contributed by atoms with Crippen molar-refractivity contribution in [3.8, 4) is 11.5 Å². The largest absolute Gasteiger partial charge is 0.497 e. The smallest absolute Gasteiger partial charge is 0.260 e. The minimum absolute atomic E-state index is 0.0604. The first-order valence-corrected chi connectivity index (χ1v) is 10.5. The lowest BCUT2D eigenvalue weighted by Gasteiger charge is -2.22. The van der Waals surface area contributed by atoms with Crippen molar-refractivity contribution in [2.75, 3.05) is 39.9 Å². The average Bonchev–Trinajstić information content (AvgIpc) is 3.03. The van der Waals surface area contributed by atoms with Gasteiger partial charge in [-0.1, -0.05) is 35.9 Å². The van der Waals surface area contributed by atoms with Crippen molar-refractivity contribution in [2.24, 2.45) is 0 Å². The van der Waals surface area contributed by atoms with Crippen LogP contribution in [-0.4, -0.2) is 61.5 Å². The fourth-order valence-corrected chi connectivity index (χ4v) is 3.60. The zero-order valence-corrected chi connectivity index (χ0v) is 17.9. The standard InChI is InChI=1S/C23H27ClN2O4/c1-29-19-10-7-18(8-11-19)9-12-22(27)25-13-4-14-26(16-15-25)23(28)17-30-21-6-3-2-5-20(21)24/h2-3,5-8,10-11H,4,9,12-17H2,1H3. The molecule has 2 aromatic rings. The molecule has 6 nitrogen and oxygen atoms in total. The molecule has 1 fully saturated rings. The molecule has 3 rings (SSSR count). The Bertz CT molecular complexity index is 857. The highest BCUT2D eigenvalue weighted by Gasteiger charge is 2.22. The molecule has 1 aliphatic rings. The van der Waals surface area contributed by atoms with Crippen LogP contribution in [-0.2, 0) is 16.0 Å². The third kappa shape index (κ3) is 6.13. The Balaban J connectivity index is 1.44. The molecule has 7 heteroatoms. The van der Waals surface area contributed by atoms with Crippen molar-refractivity contribution in [2.45, 2.75) is 19.3 Å². The Labute approximate surface area is 182 Å². The molecule has 0 bridgehead atoms. The molecular formula is C23H27ClN2O4. The SMILES string of the molecule is COc1ccc(CCC(=O)N2CCCN(C(=O)COc3ccccc3Cl)CC2)cc1. The maximum Gasteiger partial charge on any atom is 0.260 e. The number of hydrogen-bond acceptors (Lipinski definition) is 4. The van der Waals surface area contributed by atoms with E-state index >= 15 is 0 Å². The summed E-state index contributed by atoms with van der Waals surface area (Å²) in [7, 11) is 1.63. The summed E-state index contributed by atoms with van der Waals surface area (Å²) in [5, 5.41) is 0.481. The van der Waals surface area contributed by atoms with E-state index in [0.29, 0.717) is 49.8 Å². The third-order valence-corrected chi connectivity index (χ3v) is 5.49. The van der Waals surface area contributed by atoms with E-state index in [1.54, 1.807) is 24.1 Å². The molecule has 2 amide bonds. The van der Waals surface area contributed by atoms with Gasteiger partial charge < -0.3 is 19.3 Å². The molecule has 1 aliphatic heterocycles. The maximum atomic E-state index is 12.6. The van der Waals surface area contributed by atoms with Crippen LogP contribution in [0.15, 0.2) is 48.5 Å². The van der Waals surface area contributed by atoms with Gasteiger partial charge in [0.1, 0.15) is 11.5 Å². The van der Waals surface area contributed by atoms with Crippen molar-refractivity contribution in [3.05, 3.63) is 59.1 Å².